The summed E-state index contributed by atoms with van der Waals surface area (Å²) >= 11 is 0. The van der Waals surface area contributed by atoms with Crippen LogP contribution in [-0.4, -0.2) is 54.6 Å². The zero-order valence-corrected chi connectivity index (χ0v) is 24.7. The van der Waals surface area contributed by atoms with Crippen LogP contribution in [0.25, 0.3) is 17.4 Å². The monoisotopic (exact) mass is 572 g/mol. The van der Waals surface area contributed by atoms with Gasteiger partial charge < -0.3 is 25.5 Å². The second-order valence-corrected chi connectivity index (χ2v) is 12.7. The SMILES string of the molecule is CC(=O)C1=C(O)[C@]2(O)C(=O)C3=C(O)c4c(O)cccc4/C(=C\c4cc(C)cc(C)c4)[C@]3(C)[C@@H](O)[C@]2(C)C(C(C)C)C1=O. The summed E-state index contributed by atoms with van der Waals surface area (Å²) in [7, 11) is 0. The van der Waals surface area contributed by atoms with Gasteiger partial charge in [-0.1, -0.05) is 68.3 Å². The third-order valence-corrected chi connectivity index (χ3v) is 9.66. The van der Waals surface area contributed by atoms with Crippen molar-refractivity contribution in [3.8, 4) is 5.75 Å². The molecule has 5 atom stereocenters. The summed E-state index contributed by atoms with van der Waals surface area (Å²) in [5.74, 6) is -6.76. The molecule has 2 aromatic carbocycles. The van der Waals surface area contributed by atoms with Gasteiger partial charge in [-0.05, 0) is 56.4 Å². The molecular formula is C34H36O8. The van der Waals surface area contributed by atoms with E-state index in [1.54, 1.807) is 39.0 Å². The predicted molar refractivity (Wildman–Crippen MR) is 157 cm³/mol. The normalized spacial score (nSPS) is 31.8. The Balaban J connectivity index is 1.96. The van der Waals surface area contributed by atoms with Crippen LogP contribution in [0.15, 0.2) is 53.3 Å². The van der Waals surface area contributed by atoms with E-state index in [0.717, 1.165) is 23.6 Å². The maximum absolute atomic E-state index is 14.7. The van der Waals surface area contributed by atoms with E-state index < -0.39 is 74.4 Å². The Labute approximate surface area is 244 Å². The van der Waals surface area contributed by atoms with Gasteiger partial charge >= 0.3 is 0 Å². The van der Waals surface area contributed by atoms with Crippen LogP contribution in [0.4, 0.5) is 0 Å². The molecule has 0 aromatic heterocycles. The van der Waals surface area contributed by atoms with Gasteiger partial charge in [0.05, 0.1) is 22.7 Å². The van der Waals surface area contributed by atoms with Gasteiger partial charge in [0.15, 0.2) is 17.2 Å². The van der Waals surface area contributed by atoms with Gasteiger partial charge in [-0.3, -0.25) is 14.4 Å². The quantitative estimate of drug-likeness (QED) is 0.330. The molecule has 1 saturated carbocycles. The minimum atomic E-state index is -2.94. The Kier molecular flexibility index (Phi) is 6.49. The van der Waals surface area contributed by atoms with Crippen LogP contribution < -0.4 is 0 Å². The number of benzene rings is 2. The number of hydrogen-bond acceptors (Lipinski definition) is 8. The first-order chi connectivity index (χ1) is 19.4. The van der Waals surface area contributed by atoms with Gasteiger partial charge in [0.1, 0.15) is 22.8 Å². The molecular weight excluding hydrogens is 536 g/mol. The van der Waals surface area contributed by atoms with Crippen LogP contribution in [0, 0.1) is 36.5 Å². The number of aliphatic hydroxyl groups excluding tert-OH is 3. The smallest absolute Gasteiger partial charge is 0.203 e. The number of aryl methyl sites for hydroxylation is 2. The fourth-order valence-corrected chi connectivity index (χ4v) is 7.96. The van der Waals surface area contributed by atoms with Crippen molar-refractivity contribution in [2.24, 2.45) is 22.7 Å². The van der Waals surface area contributed by atoms with Gasteiger partial charge in [0, 0.05) is 11.3 Å². The number of carbonyl (C=O) groups excluding carboxylic acids is 3. The van der Waals surface area contributed by atoms with Crippen molar-refractivity contribution in [3.63, 3.8) is 0 Å². The highest BCUT2D eigenvalue weighted by Gasteiger charge is 2.76. The molecule has 1 fully saturated rings. The number of phenols is 1. The number of aromatic hydroxyl groups is 1. The van der Waals surface area contributed by atoms with Crippen LogP contribution in [0.1, 0.15) is 62.4 Å². The molecule has 220 valence electrons. The second kappa shape index (κ2) is 9.24. The van der Waals surface area contributed by atoms with E-state index in [4.69, 9.17) is 0 Å². The molecule has 42 heavy (non-hydrogen) atoms. The first kappa shape index (κ1) is 29.5. The molecule has 5 rings (SSSR count). The number of rotatable bonds is 3. The molecule has 0 heterocycles. The van der Waals surface area contributed by atoms with Crippen LogP contribution in [0.3, 0.4) is 0 Å². The van der Waals surface area contributed by atoms with Crippen molar-refractivity contribution in [2.45, 2.75) is 60.2 Å². The summed E-state index contributed by atoms with van der Waals surface area (Å²) in [6.45, 7) is 11.2. The number of Topliss-reactive ketones (excluding diaryl/α,β-unsaturated/α-hetero) is 3. The minimum Gasteiger partial charge on any atom is -0.508 e. The number of ketones is 3. The van der Waals surface area contributed by atoms with Gasteiger partial charge in [-0.15, -0.1) is 0 Å². The number of hydrogen-bond donors (Lipinski definition) is 5. The van der Waals surface area contributed by atoms with Gasteiger partial charge in [-0.2, -0.15) is 0 Å². The lowest BCUT2D eigenvalue weighted by atomic mass is 9.41. The van der Waals surface area contributed by atoms with E-state index in [2.05, 4.69) is 0 Å². The molecule has 8 nitrogen and oxygen atoms in total. The van der Waals surface area contributed by atoms with Crippen molar-refractivity contribution in [1.82, 2.24) is 0 Å². The number of fused-ring (bicyclic) bond motifs is 3. The van der Waals surface area contributed by atoms with Gasteiger partial charge in [0.2, 0.25) is 5.78 Å². The highest BCUT2D eigenvalue weighted by atomic mass is 16.4. The fraction of sp³-hybridized carbons (Fsp3) is 0.382. The number of aliphatic hydroxyl groups is 4. The Hall–Kier alpha value is -4.01. The van der Waals surface area contributed by atoms with Gasteiger partial charge in [-0.25, -0.2) is 0 Å². The summed E-state index contributed by atoms with van der Waals surface area (Å²) in [6, 6.07) is 10.4. The van der Waals surface area contributed by atoms with Crippen LogP contribution in [0.2, 0.25) is 0 Å². The summed E-state index contributed by atoms with van der Waals surface area (Å²) in [6.07, 6.45) is 0.0187. The molecule has 2 aromatic rings. The number of allylic oxidation sites excluding steroid dienone is 1. The molecule has 0 bridgehead atoms. The Morgan fingerprint density at radius 3 is 2.14 bits per heavy atom. The first-order valence-electron chi connectivity index (χ1n) is 14.0. The number of carbonyl (C=O) groups is 3. The minimum absolute atomic E-state index is 0.0732. The van der Waals surface area contributed by atoms with Crippen molar-refractivity contribution in [2.75, 3.05) is 0 Å². The lowest BCUT2D eigenvalue weighted by molar-refractivity contribution is -0.207. The highest BCUT2D eigenvalue weighted by molar-refractivity contribution is 6.25. The molecule has 8 heteroatoms. The molecule has 3 aliphatic carbocycles. The van der Waals surface area contributed by atoms with E-state index in [1.807, 2.05) is 32.0 Å². The molecule has 1 unspecified atom stereocenters. The van der Waals surface area contributed by atoms with Gasteiger partial charge in [0.25, 0.3) is 0 Å². The van der Waals surface area contributed by atoms with E-state index >= 15 is 0 Å². The molecule has 0 spiro atoms. The second-order valence-electron chi connectivity index (χ2n) is 12.7. The van der Waals surface area contributed by atoms with E-state index in [0.29, 0.717) is 11.1 Å². The van der Waals surface area contributed by atoms with E-state index in [9.17, 15) is 39.9 Å². The lowest BCUT2D eigenvalue weighted by Crippen LogP contribution is -2.75. The maximum atomic E-state index is 14.7. The summed E-state index contributed by atoms with van der Waals surface area (Å²) < 4.78 is 0. The van der Waals surface area contributed by atoms with Crippen LogP contribution >= 0.6 is 0 Å². The van der Waals surface area contributed by atoms with Crippen molar-refractivity contribution in [1.29, 1.82) is 0 Å². The zero-order chi connectivity index (χ0) is 31.3. The Morgan fingerprint density at radius 2 is 1.60 bits per heavy atom. The van der Waals surface area contributed by atoms with Crippen molar-refractivity contribution < 1.29 is 39.9 Å². The average molecular weight is 573 g/mol. The standard InChI is InChI=1S/C34H36O8/c1-15(2)25-27(37)23(18(5)35)29(39)34(42)30(40)26-28(38)24-20(9-8-10-22(24)36)21(32(26,6)31(41)33(25,34)7)14-19-12-16(3)11-17(4)13-19/h8-15,25,31,36,38-39,41-42H,1-7H3/b21-14+/t25?,31-,32+,33+,34+/m1/s1. The molecule has 5 N–H and O–H groups in total. The number of phenolic OH excluding ortho intramolecular Hbond substituents is 1. The van der Waals surface area contributed by atoms with Crippen molar-refractivity contribution >= 4 is 34.8 Å². The summed E-state index contributed by atoms with van der Waals surface area (Å²) in [5.41, 5.74) is -4.55. The van der Waals surface area contributed by atoms with Crippen molar-refractivity contribution in [3.05, 3.63) is 81.1 Å². The highest BCUT2D eigenvalue weighted by Crippen LogP contribution is 2.67. The zero-order valence-electron chi connectivity index (χ0n) is 24.7. The molecule has 3 aliphatic rings. The van der Waals surface area contributed by atoms with Crippen LogP contribution in [-0.2, 0) is 14.4 Å². The topological polar surface area (TPSA) is 152 Å². The summed E-state index contributed by atoms with van der Waals surface area (Å²) in [4.78, 5) is 41.1. The summed E-state index contributed by atoms with van der Waals surface area (Å²) in [5, 5.41) is 58.7. The van der Waals surface area contributed by atoms with E-state index in [1.165, 1.54) is 13.0 Å². The predicted octanol–water partition coefficient (Wildman–Crippen LogP) is 4.78. The molecule has 0 saturated heterocycles. The third kappa shape index (κ3) is 3.45. The maximum Gasteiger partial charge on any atom is 0.203 e. The molecule has 0 radical (unpaired) electrons. The third-order valence-electron chi connectivity index (χ3n) is 9.66. The largest absolute Gasteiger partial charge is 0.508 e. The lowest BCUT2D eigenvalue weighted by Gasteiger charge is -2.62. The van der Waals surface area contributed by atoms with Crippen LogP contribution in [0.5, 0.6) is 5.75 Å². The average Bonchev–Trinajstić information content (AvgIpc) is 2.87. The Morgan fingerprint density at radius 1 is 1.00 bits per heavy atom. The molecule has 0 aliphatic heterocycles. The first-order valence-corrected chi connectivity index (χ1v) is 14.0. The fourth-order valence-electron chi connectivity index (χ4n) is 7.96. The molecule has 0 amide bonds. The van der Waals surface area contributed by atoms with E-state index in [-0.39, 0.29) is 11.3 Å². The Bertz CT molecular complexity index is 1670.